The molecule has 0 fully saturated rings. The summed E-state index contributed by atoms with van der Waals surface area (Å²) in [6.07, 6.45) is -4.12. The highest BCUT2D eigenvalue weighted by molar-refractivity contribution is 6.37. The van der Waals surface area contributed by atoms with Crippen molar-refractivity contribution < 1.29 is 13.2 Å². The summed E-state index contributed by atoms with van der Waals surface area (Å²) in [6.45, 7) is 1.73. The Morgan fingerprint density at radius 3 is 2.26 bits per heavy atom. The van der Waals surface area contributed by atoms with E-state index >= 15 is 0 Å². The van der Waals surface area contributed by atoms with E-state index in [1.54, 1.807) is 25.1 Å². The third-order valence-electron chi connectivity index (χ3n) is 2.59. The van der Waals surface area contributed by atoms with Crippen LogP contribution in [0.5, 0.6) is 0 Å². The van der Waals surface area contributed by atoms with Crippen LogP contribution in [0.2, 0.25) is 10.0 Å². The number of rotatable bonds is 2. The molecule has 7 heteroatoms. The highest BCUT2D eigenvalue weighted by Crippen LogP contribution is 2.33. The van der Waals surface area contributed by atoms with Crippen molar-refractivity contribution in [3.05, 3.63) is 45.7 Å². The molecule has 0 saturated heterocycles. The van der Waals surface area contributed by atoms with Gasteiger partial charge in [0, 0.05) is 5.69 Å². The van der Waals surface area contributed by atoms with Crippen LogP contribution in [-0.2, 0) is 12.6 Å². The molecular weight excluding hydrogens is 300 g/mol. The predicted octanol–water partition coefficient (Wildman–Crippen LogP) is 4.76. The fourth-order valence-corrected chi connectivity index (χ4v) is 2.25. The summed E-state index contributed by atoms with van der Waals surface area (Å²) >= 11 is 12.0. The fraction of sp³-hybridized carbons (Fsp3) is 0.250. The van der Waals surface area contributed by atoms with Crippen LogP contribution < -0.4 is 0 Å². The Morgan fingerprint density at radius 1 is 1.21 bits per heavy atom. The second kappa shape index (κ2) is 5.06. The Labute approximate surface area is 117 Å². The minimum Gasteiger partial charge on any atom is -0.234 e. The normalized spacial score (nSPS) is 11.9. The Bertz CT molecular complexity index is 585. The first-order chi connectivity index (χ1) is 8.84. The molecule has 0 spiro atoms. The molecule has 0 unspecified atom stereocenters. The van der Waals surface area contributed by atoms with Gasteiger partial charge in [-0.25, -0.2) is 4.68 Å². The first kappa shape index (κ1) is 14.2. The van der Waals surface area contributed by atoms with Crippen molar-refractivity contribution in [1.82, 2.24) is 9.78 Å². The number of benzene rings is 1. The third-order valence-corrected chi connectivity index (χ3v) is 3.20. The molecule has 0 amide bonds. The highest BCUT2D eigenvalue weighted by atomic mass is 35.5. The van der Waals surface area contributed by atoms with Crippen molar-refractivity contribution in [3.63, 3.8) is 0 Å². The first-order valence-electron chi connectivity index (χ1n) is 5.45. The topological polar surface area (TPSA) is 17.8 Å². The molecule has 1 aromatic heterocycles. The monoisotopic (exact) mass is 308 g/mol. The second-order valence-electron chi connectivity index (χ2n) is 3.85. The Morgan fingerprint density at radius 2 is 1.79 bits per heavy atom. The average molecular weight is 309 g/mol. The molecule has 2 aromatic rings. The number of hydrogen-bond donors (Lipinski definition) is 0. The molecule has 1 heterocycles. The molecule has 0 aliphatic rings. The maximum atomic E-state index is 12.7. The third kappa shape index (κ3) is 2.72. The van der Waals surface area contributed by atoms with E-state index in [9.17, 15) is 13.2 Å². The predicted molar refractivity (Wildman–Crippen MR) is 68.0 cm³/mol. The van der Waals surface area contributed by atoms with Crippen molar-refractivity contribution in [2.75, 3.05) is 0 Å². The van der Waals surface area contributed by atoms with Gasteiger partial charge in [-0.2, -0.15) is 18.3 Å². The average Bonchev–Trinajstić information content (AvgIpc) is 2.72. The van der Waals surface area contributed by atoms with Gasteiger partial charge in [0.05, 0.1) is 10.0 Å². The molecule has 0 aliphatic carbocycles. The molecule has 0 aliphatic heterocycles. The molecule has 0 saturated carbocycles. The van der Waals surface area contributed by atoms with Gasteiger partial charge in [0.1, 0.15) is 5.69 Å². The Hall–Kier alpha value is -1.20. The molecule has 102 valence electrons. The lowest BCUT2D eigenvalue weighted by atomic mass is 10.2. The van der Waals surface area contributed by atoms with Gasteiger partial charge in [0.2, 0.25) is 0 Å². The van der Waals surface area contributed by atoms with Crippen LogP contribution in [0.1, 0.15) is 18.3 Å². The van der Waals surface area contributed by atoms with Crippen LogP contribution in [0.15, 0.2) is 24.3 Å². The standard InChI is InChI=1S/C12H9Cl2F3N2/c1-2-7-6-10(12(15,16)17)18-19(7)11-8(13)4-3-5-9(11)14/h3-6H,2H2,1H3. The number of hydrogen-bond acceptors (Lipinski definition) is 1. The van der Waals surface area contributed by atoms with Crippen molar-refractivity contribution >= 4 is 23.2 Å². The molecule has 0 atom stereocenters. The number of aromatic nitrogens is 2. The summed E-state index contributed by atoms with van der Waals surface area (Å²) in [5.41, 5.74) is -0.305. The van der Waals surface area contributed by atoms with Crippen LogP contribution >= 0.6 is 23.2 Å². The van der Waals surface area contributed by atoms with Crippen LogP contribution in [0, 0.1) is 0 Å². The molecular formula is C12H9Cl2F3N2. The summed E-state index contributed by atoms with van der Waals surface area (Å²) in [5.74, 6) is 0. The van der Waals surface area contributed by atoms with Gasteiger partial charge in [-0.3, -0.25) is 0 Å². The van der Waals surface area contributed by atoms with Gasteiger partial charge >= 0.3 is 6.18 Å². The van der Waals surface area contributed by atoms with E-state index in [0.29, 0.717) is 12.1 Å². The number of halogens is 5. The minimum atomic E-state index is -4.50. The zero-order chi connectivity index (χ0) is 14.2. The van der Waals surface area contributed by atoms with E-state index in [1.165, 1.54) is 0 Å². The number of nitrogens with zero attached hydrogens (tertiary/aromatic N) is 2. The first-order valence-corrected chi connectivity index (χ1v) is 6.20. The van der Waals surface area contributed by atoms with E-state index < -0.39 is 11.9 Å². The molecule has 2 rings (SSSR count). The summed E-state index contributed by atoms with van der Waals surface area (Å²) in [4.78, 5) is 0. The largest absolute Gasteiger partial charge is 0.435 e. The second-order valence-corrected chi connectivity index (χ2v) is 4.67. The van der Waals surface area contributed by atoms with Gasteiger partial charge < -0.3 is 0 Å². The summed E-state index contributed by atoms with van der Waals surface area (Å²) in [6, 6.07) is 5.72. The lowest BCUT2D eigenvalue weighted by Crippen LogP contribution is -2.08. The maximum absolute atomic E-state index is 12.7. The van der Waals surface area contributed by atoms with E-state index in [1.807, 2.05) is 0 Å². The minimum absolute atomic E-state index is 0.249. The SMILES string of the molecule is CCc1cc(C(F)(F)F)nn1-c1c(Cl)cccc1Cl. The molecule has 2 nitrogen and oxygen atoms in total. The van der Waals surface area contributed by atoms with Crippen LogP contribution in [0.4, 0.5) is 13.2 Å². The van der Waals surface area contributed by atoms with Crippen molar-refractivity contribution in [3.8, 4) is 5.69 Å². The number of aryl methyl sites for hydroxylation is 1. The van der Waals surface area contributed by atoms with Crippen LogP contribution in [-0.4, -0.2) is 9.78 Å². The van der Waals surface area contributed by atoms with E-state index in [2.05, 4.69) is 5.10 Å². The van der Waals surface area contributed by atoms with Crippen LogP contribution in [0.25, 0.3) is 5.69 Å². The quantitative estimate of drug-likeness (QED) is 0.782. The molecule has 19 heavy (non-hydrogen) atoms. The highest BCUT2D eigenvalue weighted by Gasteiger charge is 2.35. The van der Waals surface area contributed by atoms with Gasteiger partial charge in [-0.1, -0.05) is 36.2 Å². The lowest BCUT2D eigenvalue weighted by Gasteiger charge is -2.09. The maximum Gasteiger partial charge on any atom is 0.435 e. The number of alkyl halides is 3. The zero-order valence-electron chi connectivity index (χ0n) is 9.80. The Kier molecular flexibility index (Phi) is 3.78. The molecule has 0 radical (unpaired) electrons. The van der Waals surface area contributed by atoms with Crippen molar-refractivity contribution in [2.45, 2.75) is 19.5 Å². The van der Waals surface area contributed by atoms with E-state index in [4.69, 9.17) is 23.2 Å². The summed E-state index contributed by atoms with van der Waals surface area (Å²) < 4.78 is 39.2. The van der Waals surface area contributed by atoms with Gasteiger partial charge in [0.25, 0.3) is 0 Å². The molecule has 1 aromatic carbocycles. The summed E-state index contributed by atoms with van der Waals surface area (Å²) in [7, 11) is 0. The molecule has 0 N–H and O–H groups in total. The number of para-hydroxylation sites is 1. The van der Waals surface area contributed by atoms with E-state index in [0.717, 1.165) is 10.7 Å². The zero-order valence-corrected chi connectivity index (χ0v) is 11.3. The van der Waals surface area contributed by atoms with Crippen molar-refractivity contribution in [1.29, 1.82) is 0 Å². The van der Waals surface area contributed by atoms with Crippen LogP contribution in [0.3, 0.4) is 0 Å². The van der Waals surface area contributed by atoms with Gasteiger partial charge in [0.15, 0.2) is 5.69 Å². The Balaban J connectivity index is 2.65. The lowest BCUT2D eigenvalue weighted by molar-refractivity contribution is -0.141. The van der Waals surface area contributed by atoms with Crippen molar-refractivity contribution in [2.24, 2.45) is 0 Å². The van der Waals surface area contributed by atoms with Gasteiger partial charge in [-0.05, 0) is 24.6 Å². The summed E-state index contributed by atoms with van der Waals surface area (Å²) in [5, 5.41) is 4.07. The fourth-order valence-electron chi connectivity index (χ4n) is 1.70. The van der Waals surface area contributed by atoms with E-state index in [-0.39, 0.29) is 15.7 Å². The smallest absolute Gasteiger partial charge is 0.234 e. The molecule has 0 bridgehead atoms. The van der Waals surface area contributed by atoms with Gasteiger partial charge in [-0.15, -0.1) is 0 Å².